The molecule has 1 amide bonds. The average Bonchev–Trinajstić information content (AvgIpc) is 2.28. The van der Waals surface area contributed by atoms with Crippen molar-refractivity contribution in [2.24, 2.45) is 0 Å². The lowest BCUT2D eigenvalue weighted by Crippen LogP contribution is -2.24. The monoisotopic (exact) mass is 235 g/mol. The van der Waals surface area contributed by atoms with Crippen molar-refractivity contribution in [1.82, 2.24) is 5.32 Å². The molecule has 3 nitrogen and oxygen atoms in total. The molecule has 0 aromatic heterocycles. The summed E-state index contributed by atoms with van der Waals surface area (Å²) >= 11 is 0. The van der Waals surface area contributed by atoms with Gasteiger partial charge in [0.25, 0.3) is 0 Å². The van der Waals surface area contributed by atoms with Crippen molar-refractivity contribution in [2.75, 3.05) is 13.7 Å². The highest BCUT2D eigenvalue weighted by atomic mass is 16.5. The van der Waals surface area contributed by atoms with Crippen molar-refractivity contribution < 1.29 is 9.53 Å². The largest absolute Gasteiger partial charge is 0.496 e. The minimum atomic E-state index is 0.0911. The van der Waals surface area contributed by atoms with Crippen molar-refractivity contribution in [3.63, 3.8) is 0 Å². The lowest BCUT2D eigenvalue weighted by atomic mass is 10.0. The van der Waals surface area contributed by atoms with Crippen LogP contribution in [0.4, 0.5) is 0 Å². The normalized spacial score (nSPS) is 10.1. The first-order valence-corrected chi connectivity index (χ1v) is 5.99. The van der Waals surface area contributed by atoms with E-state index >= 15 is 0 Å². The van der Waals surface area contributed by atoms with E-state index in [1.54, 1.807) is 7.11 Å². The van der Waals surface area contributed by atoms with Crippen molar-refractivity contribution in [1.29, 1.82) is 0 Å². The third kappa shape index (κ3) is 3.77. The third-order valence-corrected chi connectivity index (χ3v) is 2.74. The third-order valence-electron chi connectivity index (χ3n) is 2.74. The maximum absolute atomic E-state index is 11.1. The Hall–Kier alpha value is -1.51. The molecule has 0 saturated carbocycles. The van der Waals surface area contributed by atoms with E-state index in [2.05, 4.69) is 24.4 Å². The van der Waals surface area contributed by atoms with Crippen molar-refractivity contribution in [3.05, 3.63) is 28.8 Å². The van der Waals surface area contributed by atoms with Crippen LogP contribution in [0.5, 0.6) is 5.75 Å². The van der Waals surface area contributed by atoms with Crippen LogP contribution in [-0.2, 0) is 11.2 Å². The highest BCUT2D eigenvalue weighted by molar-refractivity contribution is 5.75. The van der Waals surface area contributed by atoms with Gasteiger partial charge in [-0.2, -0.15) is 0 Å². The second kappa shape index (κ2) is 6.28. The summed E-state index contributed by atoms with van der Waals surface area (Å²) in [5.41, 5.74) is 3.52. The van der Waals surface area contributed by atoms with Gasteiger partial charge in [-0.3, -0.25) is 4.79 Å². The molecule has 1 N–H and O–H groups in total. The van der Waals surface area contributed by atoms with Gasteiger partial charge in [-0.15, -0.1) is 0 Å². The zero-order valence-corrected chi connectivity index (χ0v) is 11.1. The number of methoxy groups -OCH3 is 1. The summed E-state index contributed by atoms with van der Waals surface area (Å²) in [6, 6.07) is 4.22. The first-order chi connectivity index (χ1) is 8.08. The molecule has 0 bridgehead atoms. The molecule has 0 aliphatic heterocycles. The molecular formula is C14H21NO2. The van der Waals surface area contributed by atoms with Gasteiger partial charge in [0.1, 0.15) is 5.75 Å². The number of rotatable bonds is 5. The number of nitrogens with one attached hydrogen (secondary N) is 1. The molecule has 0 fully saturated rings. The number of carbonyl (C=O) groups excluding carboxylic acids is 1. The molecule has 1 aromatic rings. The Morgan fingerprint density at radius 2 is 2.06 bits per heavy atom. The number of carbonyl (C=O) groups is 1. The van der Waals surface area contributed by atoms with E-state index in [9.17, 15) is 4.79 Å². The summed E-state index contributed by atoms with van der Waals surface area (Å²) < 4.78 is 5.40. The molecule has 0 atom stereocenters. The first-order valence-electron chi connectivity index (χ1n) is 5.99. The van der Waals surface area contributed by atoms with Crippen molar-refractivity contribution in [3.8, 4) is 5.75 Å². The SMILES string of the molecule is CCC(=O)NCCc1cc(C)cc(C)c1OC. The second-order valence-corrected chi connectivity index (χ2v) is 4.23. The van der Waals surface area contributed by atoms with Crippen LogP contribution in [0.3, 0.4) is 0 Å². The molecule has 94 valence electrons. The number of aryl methyl sites for hydroxylation is 2. The number of ether oxygens (including phenoxy) is 1. The van der Waals surface area contributed by atoms with Gasteiger partial charge in [-0.1, -0.05) is 24.6 Å². The van der Waals surface area contributed by atoms with Gasteiger partial charge >= 0.3 is 0 Å². The summed E-state index contributed by atoms with van der Waals surface area (Å²) in [5, 5.41) is 2.88. The van der Waals surface area contributed by atoms with Crippen LogP contribution in [0.15, 0.2) is 12.1 Å². The minimum absolute atomic E-state index is 0.0911. The topological polar surface area (TPSA) is 38.3 Å². The van der Waals surface area contributed by atoms with Crippen LogP contribution >= 0.6 is 0 Å². The minimum Gasteiger partial charge on any atom is -0.496 e. The van der Waals surface area contributed by atoms with Crippen molar-refractivity contribution in [2.45, 2.75) is 33.6 Å². The molecule has 0 aliphatic carbocycles. The van der Waals surface area contributed by atoms with E-state index in [1.165, 1.54) is 5.56 Å². The zero-order chi connectivity index (χ0) is 12.8. The lowest BCUT2D eigenvalue weighted by molar-refractivity contribution is -0.120. The van der Waals surface area contributed by atoms with E-state index in [0.29, 0.717) is 13.0 Å². The second-order valence-electron chi connectivity index (χ2n) is 4.23. The Kier molecular flexibility index (Phi) is 5.01. The molecule has 0 spiro atoms. The summed E-state index contributed by atoms with van der Waals surface area (Å²) in [6.45, 7) is 6.62. The Morgan fingerprint density at radius 1 is 1.35 bits per heavy atom. The standard InChI is InChI=1S/C14H21NO2/c1-5-13(16)15-7-6-12-9-10(2)8-11(3)14(12)17-4/h8-9H,5-7H2,1-4H3,(H,15,16). The molecule has 1 aromatic carbocycles. The van der Waals surface area contributed by atoms with Crippen LogP contribution in [0.1, 0.15) is 30.0 Å². The molecule has 0 radical (unpaired) electrons. The Morgan fingerprint density at radius 3 is 2.65 bits per heavy atom. The summed E-state index contributed by atoms with van der Waals surface area (Å²) in [6.07, 6.45) is 1.33. The number of amides is 1. The van der Waals surface area contributed by atoms with Gasteiger partial charge < -0.3 is 10.1 Å². The van der Waals surface area contributed by atoms with E-state index in [-0.39, 0.29) is 5.91 Å². The molecule has 17 heavy (non-hydrogen) atoms. The van der Waals surface area contributed by atoms with Crippen LogP contribution in [0.25, 0.3) is 0 Å². The first kappa shape index (κ1) is 13.6. The van der Waals surface area contributed by atoms with Gasteiger partial charge in [-0.25, -0.2) is 0 Å². The quantitative estimate of drug-likeness (QED) is 0.851. The zero-order valence-electron chi connectivity index (χ0n) is 11.1. The fraction of sp³-hybridized carbons (Fsp3) is 0.500. The van der Waals surface area contributed by atoms with Crippen LogP contribution in [0.2, 0.25) is 0 Å². The molecule has 0 unspecified atom stereocenters. The van der Waals surface area contributed by atoms with E-state index in [1.807, 2.05) is 13.8 Å². The molecule has 0 aliphatic rings. The highest BCUT2D eigenvalue weighted by Crippen LogP contribution is 2.25. The van der Waals surface area contributed by atoms with E-state index in [4.69, 9.17) is 4.74 Å². The molecule has 3 heteroatoms. The van der Waals surface area contributed by atoms with E-state index in [0.717, 1.165) is 23.3 Å². The summed E-state index contributed by atoms with van der Waals surface area (Å²) in [5.74, 6) is 1.02. The molecule has 0 saturated heterocycles. The summed E-state index contributed by atoms with van der Waals surface area (Å²) in [7, 11) is 1.69. The van der Waals surface area contributed by atoms with Gasteiger partial charge in [0.05, 0.1) is 7.11 Å². The maximum Gasteiger partial charge on any atom is 0.219 e. The number of hydrogen-bond acceptors (Lipinski definition) is 2. The van der Waals surface area contributed by atoms with Crippen LogP contribution in [-0.4, -0.2) is 19.6 Å². The fourth-order valence-electron chi connectivity index (χ4n) is 1.98. The van der Waals surface area contributed by atoms with Gasteiger partial charge in [0, 0.05) is 13.0 Å². The predicted octanol–water partition coefficient (Wildman–Crippen LogP) is 2.38. The summed E-state index contributed by atoms with van der Waals surface area (Å²) in [4.78, 5) is 11.1. The van der Waals surface area contributed by atoms with Crippen LogP contribution in [0, 0.1) is 13.8 Å². The fourth-order valence-corrected chi connectivity index (χ4v) is 1.98. The predicted molar refractivity (Wildman–Crippen MR) is 69.5 cm³/mol. The number of benzene rings is 1. The molecular weight excluding hydrogens is 214 g/mol. The molecule has 1 rings (SSSR count). The number of hydrogen-bond donors (Lipinski definition) is 1. The van der Waals surface area contributed by atoms with Gasteiger partial charge in [0.2, 0.25) is 5.91 Å². The van der Waals surface area contributed by atoms with Gasteiger partial charge in [0.15, 0.2) is 0 Å². The van der Waals surface area contributed by atoms with Crippen molar-refractivity contribution >= 4 is 5.91 Å². The van der Waals surface area contributed by atoms with E-state index < -0.39 is 0 Å². The molecule has 0 heterocycles. The highest BCUT2D eigenvalue weighted by Gasteiger charge is 2.07. The van der Waals surface area contributed by atoms with Crippen LogP contribution < -0.4 is 10.1 Å². The average molecular weight is 235 g/mol. The smallest absolute Gasteiger partial charge is 0.219 e. The lowest BCUT2D eigenvalue weighted by Gasteiger charge is -2.13. The Balaban J connectivity index is 2.72. The maximum atomic E-state index is 11.1. The Bertz CT molecular complexity index is 399. The van der Waals surface area contributed by atoms with Gasteiger partial charge in [-0.05, 0) is 31.4 Å². The Labute approximate surface area is 103 Å².